The van der Waals surface area contributed by atoms with Crippen LogP contribution in [0.5, 0.6) is 0 Å². The van der Waals surface area contributed by atoms with Crippen molar-refractivity contribution in [2.45, 2.75) is 52.0 Å². The zero-order valence-electron chi connectivity index (χ0n) is 10.9. The lowest BCUT2D eigenvalue weighted by atomic mass is 9.95. The van der Waals surface area contributed by atoms with Gasteiger partial charge in [-0.2, -0.15) is 0 Å². The average molecular weight is 249 g/mol. The number of amides is 1. The molecule has 0 unspecified atom stereocenters. The Balaban J connectivity index is 2.15. The molecular formula is C14H19NO3. The van der Waals surface area contributed by atoms with Gasteiger partial charge < -0.3 is 9.73 Å². The van der Waals surface area contributed by atoms with E-state index in [0.717, 1.165) is 12.8 Å². The second-order valence-electron chi connectivity index (χ2n) is 4.99. The van der Waals surface area contributed by atoms with Crippen molar-refractivity contribution >= 4 is 5.91 Å². The number of carbonyl (C=O) groups is 1. The molecule has 0 aliphatic heterocycles. The highest BCUT2D eigenvalue weighted by atomic mass is 16.4. The van der Waals surface area contributed by atoms with Crippen LogP contribution in [0.3, 0.4) is 0 Å². The summed E-state index contributed by atoms with van der Waals surface area (Å²) in [5, 5.41) is 3.04. The number of carbonyl (C=O) groups excluding carboxylic acids is 1. The molecule has 1 aliphatic carbocycles. The minimum absolute atomic E-state index is 0.124. The van der Waals surface area contributed by atoms with Gasteiger partial charge in [-0.25, -0.2) is 4.79 Å². The van der Waals surface area contributed by atoms with Crippen molar-refractivity contribution in [2.75, 3.05) is 0 Å². The number of hydrogen-bond acceptors (Lipinski definition) is 3. The zero-order valence-corrected chi connectivity index (χ0v) is 10.9. The molecule has 4 heteroatoms. The number of nitrogens with one attached hydrogen (secondary N) is 1. The maximum absolute atomic E-state index is 12.2. The lowest BCUT2D eigenvalue weighted by Gasteiger charge is -2.23. The summed E-state index contributed by atoms with van der Waals surface area (Å²) in [5.74, 6) is 0.272. The largest absolute Gasteiger partial charge is 0.427 e. The molecule has 2 rings (SSSR count). The molecule has 0 spiro atoms. The van der Waals surface area contributed by atoms with Gasteiger partial charge in [-0.15, -0.1) is 0 Å². The van der Waals surface area contributed by atoms with E-state index in [1.165, 1.54) is 25.3 Å². The van der Waals surface area contributed by atoms with Crippen molar-refractivity contribution in [1.29, 1.82) is 0 Å². The zero-order chi connectivity index (χ0) is 13.1. The van der Waals surface area contributed by atoms with Crippen LogP contribution in [0.1, 0.15) is 53.8 Å². The van der Waals surface area contributed by atoms with E-state index in [9.17, 15) is 9.59 Å². The molecule has 1 heterocycles. The molecule has 0 atom stereocenters. The average Bonchev–Trinajstić information content (AvgIpc) is 2.28. The van der Waals surface area contributed by atoms with E-state index >= 15 is 0 Å². The van der Waals surface area contributed by atoms with Gasteiger partial charge in [0, 0.05) is 12.1 Å². The molecule has 1 saturated carbocycles. The standard InChI is InChI=1S/C14H19NO3/c1-9-8-12(16)18-10(2)13(9)14(17)15-11-6-4-3-5-7-11/h8,11H,3-7H2,1-2H3,(H,15,17). The molecule has 0 radical (unpaired) electrons. The number of rotatable bonds is 2. The molecule has 1 aromatic rings. The highest BCUT2D eigenvalue weighted by Gasteiger charge is 2.20. The fraction of sp³-hybridized carbons (Fsp3) is 0.571. The third kappa shape index (κ3) is 2.81. The molecule has 1 aromatic heterocycles. The van der Waals surface area contributed by atoms with Gasteiger partial charge in [0.15, 0.2) is 0 Å². The van der Waals surface area contributed by atoms with Crippen LogP contribution in [0.4, 0.5) is 0 Å². The molecule has 18 heavy (non-hydrogen) atoms. The predicted molar refractivity (Wildman–Crippen MR) is 68.8 cm³/mol. The van der Waals surface area contributed by atoms with Crippen LogP contribution in [0.15, 0.2) is 15.3 Å². The summed E-state index contributed by atoms with van der Waals surface area (Å²) >= 11 is 0. The molecule has 4 nitrogen and oxygen atoms in total. The first-order valence-electron chi connectivity index (χ1n) is 6.50. The summed E-state index contributed by atoms with van der Waals surface area (Å²) in [5.41, 5.74) is 0.774. The first-order chi connectivity index (χ1) is 8.58. The van der Waals surface area contributed by atoms with Crippen molar-refractivity contribution in [1.82, 2.24) is 5.32 Å². The molecule has 0 aromatic carbocycles. The van der Waals surface area contributed by atoms with Crippen molar-refractivity contribution in [2.24, 2.45) is 0 Å². The van der Waals surface area contributed by atoms with Crippen LogP contribution in [0, 0.1) is 13.8 Å². The minimum atomic E-state index is -0.404. The Kier molecular flexibility index (Phi) is 3.84. The van der Waals surface area contributed by atoms with Crippen LogP contribution < -0.4 is 10.9 Å². The van der Waals surface area contributed by atoms with E-state index in [1.54, 1.807) is 13.8 Å². The van der Waals surface area contributed by atoms with Gasteiger partial charge in [-0.05, 0) is 32.3 Å². The molecule has 0 saturated heterocycles. The Bertz CT molecular complexity index is 472. The van der Waals surface area contributed by atoms with Gasteiger partial charge in [-0.1, -0.05) is 19.3 Å². The first-order valence-corrected chi connectivity index (χ1v) is 6.50. The van der Waals surface area contributed by atoms with E-state index in [0.29, 0.717) is 16.9 Å². The SMILES string of the molecule is Cc1cc(=O)oc(C)c1C(=O)NC1CCCCC1. The second kappa shape index (κ2) is 5.38. The third-order valence-corrected chi connectivity index (χ3v) is 3.50. The molecule has 1 N–H and O–H groups in total. The summed E-state index contributed by atoms with van der Waals surface area (Å²) in [7, 11) is 0. The van der Waals surface area contributed by atoms with Crippen LogP contribution in [-0.4, -0.2) is 11.9 Å². The molecule has 1 fully saturated rings. The maximum atomic E-state index is 12.2. The smallest absolute Gasteiger partial charge is 0.336 e. The Labute approximate surface area is 106 Å². The number of aryl methyl sites for hydroxylation is 2. The van der Waals surface area contributed by atoms with E-state index in [2.05, 4.69) is 5.32 Å². The quantitative estimate of drug-likeness (QED) is 0.875. The highest BCUT2D eigenvalue weighted by Crippen LogP contribution is 2.19. The van der Waals surface area contributed by atoms with Gasteiger partial charge in [0.25, 0.3) is 5.91 Å². The van der Waals surface area contributed by atoms with Gasteiger partial charge in [0.2, 0.25) is 0 Å². The Morgan fingerprint density at radius 2 is 1.94 bits per heavy atom. The lowest BCUT2D eigenvalue weighted by Crippen LogP contribution is -2.37. The summed E-state index contributed by atoms with van der Waals surface area (Å²) in [6.07, 6.45) is 5.69. The third-order valence-electron chi connectivity index (χ3n) is 3.50. The van der Waals surface area contributed by atoms with Gasteiger partial charge in [0.1, 0.15) is 5.76 Å². The Morgan fingerprint density at radius 3 is 2.56 bits per heavy atom. The van der Waals surface area contributed by atoms with Crippen molar-refractivity contribution < 1.29 is 9.21 Å². The van der Waals surface area contributed by atoms with Crippen LogP contribution in [0.2, 0.25) is 0 Å². The molecule has 1 aliphatic rings. The summed E-state index contributed by atoms with van der Waals surface area (Å²) in [6, 6.07) is 1.62. The van der Waals surface area contributed by atoms with Gasteiger partial charge in [0.05, 0.1) is 5.56 Å². The summed E-state index contributed by atoms with van der Waals surface area (Å²) < 4.78 is 4.98. The summed E-state index contributed by atoms with van der Waals surface area (Å²) in [6.45, 7) is 3.42. The van der Waals surface area contributed by atoms with Crippen LogP contribution in [-0.2, 0) is 0 Å². The first kappa shape index (κ1) is 12.9. The summed E-state index contributed by atoms with van der Waals surface area (Å²) in [4.78, 5) is 23.4. The van der Waals surface area contributed by atoms with Gasteiger partial charge >= 0.3 is 5.63 Å². The molecular weight excluding hydrogens is 230 g/mol. The number of hydrogen-bond donors (Lipinski definition) is 1. The normalized spacial score (nSPS) is 16.6. The van der Waals surface area contributed by atoms with Gasteiger partial charge in [-0.3, -0.25) is 4.79 Å². The van der Waals surface area contributed by atoms with E-state index in [-0.39, 0.29) is 11.9 Å². The molecule has 98 valence electrons. The van der Waals surface area contributed by atoms with E-state index in [1.807, 2.05) is 0 Å². The molecule has 1 amide bonds. The van der Waals surface area contributed by atoms with E-state index < -0.39 is 5.63 Å². The van der Waals surface area contributed by atoms with E-state index in [4.69, 9.17) is 4.42 Å². The van der Waals surface area contributed by atoms with Crippen molar-refractivity contribution in [3.8, 4) is 0 Å². The maximum Gasteiger partial charge on any atom is 0.336 e. The van der Waals surface area contributed by atoms with Crippen LogP contribution >= 0.6 is 0 Å². The minimum Gasteiger partial charge on any atom is -0.427 e. The fourth-order valence-electron chi connectivity index (χ4n) is 2.60. The van der Waals surface area contributed by atoms with Crippen LogP contribution in [0.25, 0.3) is 0 Å². The highest BCUT2D eigenvalue weighted by molar-refractivity contribution is 5.96. The Morgan fingerprint density at radius 1 is 1.28 bits per heavy atom. The second-order valence-corrected chi connectivity index (χ2v) is 4.99. The predicted octanol–water partition coefficient (Wildman–Crippen LogP) is 2.32. The van der Waals surface area contributed by atoms with Crippen molar-refractivity contribution in [3.63, 3.8) is 0 Å². The molecule has 0 bridgehead atoms. The fourth-order valence-corrected chi connectivity index (χ4v) is 2.60. The Hall–Kier alpha value is -1.58. The monoisotopic (exact) mass is 249 g/mol. The topological polar surface area (TPSA) is 59.3 Å². The van der Waals surface area contributed by atoms with Crippen molar-refractivity contribution in [3.05, 3.63) is 33.4 Å². The lowest BCUT2D eigenvalue weighted by molar-refractivity contribution is 0.0923.